The Hall–Kier alpha value is -2.21. The van der Waals surface area contributed by atoms with Gasteiger partial charge in [-0.3, -0.25) is 4.79 Å². The summed E-state index contributed by atoms with van der Waals surface area (Å²) in [7, 11) is -3.80. The standard InChI is InChI=1S/C12H9N3O3S2/c13-6-8-2-1-3-10(4-8)15-12(16)9-5-11(19-7-9)20(14,17)18/h1-5,7H,(H,15,16)(H2,14,17,18). The Kier molecular flexibility index (Phi) is 3.85. The van der Waals surface area contributed by atoms with E-state index in [4.69, 9.17) is 10.4 Å². The molecular formula is C12H9N3O3S2. The molecule has 1 aromatic carbocycles. The molecule has 2 aromatic rings. The van der Waals surface area contributed by atoms with Crippen LogP contribution in [0.4, 0.5) is 5.69 Å². The summed E-state index contributed by atoms with van der Waals surface area (Å²) in [5.41, 5.74) is 1.07. The van der Waals surface area contributed by atoms with Crippen molar-refractivity contribution in [3.05, 3.63) is 46.8 Å². The van der Waals surface area contributed by atoms with Crippen molar-refractivity contribution in [3.8, 4) is 6.07 Å². The molecule has 3 N–H and O–H groups in total. The SMILES string of the molecule is N#Cc1cccc(NC(=O)c2csc(S(N)(=O)=O)c2)c1. The number of benzene rings is 1. The molecule has 0 fully saturated rings. The number of amides is 1. The lowest BCUT2D eigenvalue weighted by atomic mass is 10.2. The van der Waals surface area contributed by atoms with Crippen molar-refractivity contribution in [2.24, 2.45) is 5.14 Å². The van der Waals surface area contributed by atoms with E-state index in [1.54, 1.807) is 18.2 Å². The molecule has 1 heterocycles. The normalized spacial score (nSPS) is 10.8. The molecule has 0 saturated carbocycles. The number of primary sulfonamides is 1. The van der Waals surface area contributed by atoms with Gasteiger partial charge < -0.3 is 5.32 Å². The van der Waals surface area contributed by atoms with Crippen LogP contribution in [0.5, 0.6) is 0 Å². The molecule has 0 saturated heterocycles. The molecule has 20 heavy (non-hydrogen) atoms. The van der Waals surface area contributed by atoms with E-state index in [1.165, 1.54) is 17.5 Å². The Balaban J connectivity index is 2.20. The van der Waals surface area contributed by atoms with Crippen LogP contribution in [0.25, 0.3) is 0 Å². The second-order valence-corrected chi connectivity index (χ2v) is 6.55. The highest BCUT2D eigenvalue weighted by Gasteiger charge is 2.15. The van der Waals surface area contributed by atoms with Crippen LogP contribution in [-0.2, 0) is 10.0 Å². The fourth-order valence-electron chi connectivity index (χ4n) is 1.45. The molecule has 0 atom stereocenters. The van der Waals surface area contributed by atoms with Gasteiger partial charge in [-0.05, 0) is 24.3 Å². The third kappa shape index (κ3) is 3.21. The number of hydrogen-bond acceptors (Lipinski definition) is 5. The van der Waals surface area contributed by atoms with Gasteiger partial charge in [0.05, 0.1) is 17.2 Å². The minimum atomic E-state index is -3.80. The average molecular weight is 307 g/mol. The van der Waals surface area contributed by atoms with Gasteiger partial charge in [0, 0.05) is 11.1 Å². The predicted molar refractivity (Wildman–Crippen MR) is 74.8 cm³/mol. The summed E-state index contributed by atoms with van der Waals surface area (Å²) in [5.74, 6) is -0.466. The molecule has 0 bridgehead atoms. The third-order valence-corrected chi connectivity index (χ3v) is 4.75. The van der Waals surface area contributed by atoms with E-state index in [2.05, 4.69) is 5.32 Å². The summed E-state index contributed by atoms with van der Waals surface area (Å²) in [6.45, 7) is 0. The van der Waals surface area contributed by atoms with Gasteiger partial charge in [-0.15, -0.1) is 11.3 Å². The molecule has 0 spiro atoms. The number of sulfonamides is 1. The van der Waals surface area contributed by atoms with E-state index in [1.807, 2.05) is 6.07 Å². The monoisotopic (exact) mass is 307 g/mol. The van der Waals surface area contributed by atoms with Crippen LogP contribution in [-0.4, -0.2) is 14.3 Å². The maximum Gasteiger partial charge on any atom is 0.256 e. The lowest BCUT2D eigenvalue weighted by Gasteiger charge is -2.03. The molecule has 6 nitrogen and oxygen atoms in total. The zero-order valence-electron chi connectivity index (χ0n) is 10.0. The van der Waals surface area contributed by atoms with E-state index in [0.29, 0.717) is 11.3 Å². The Morgan fingerprint density at radius 3 is 2.70 bits per heavy atom. The van der Waals surface area contributed by atoms with E-state index in [-0.39, 0.29) is 9.77 Å². The van der Waals surface area contributed by atoms with Crippen molar-refractivity contribution in [3.63, 3.8) is 0 Å². The topological polar surface area (TPSA) is 113 Å². The van der Waals surface area contributed by atoms with Gasteiger partial charge in [-0.2, -0.15) is 5.26 Å². The maximum absolute atomic E-state index is 11.9. The van der Waals surface area contributed by atoms with Gasteiger partial charge in [0.25, 0.3) is 5.91 Å². The number of nitrogens with one attached hydrogen (secondary N) is 1. The van der Waals surface area contributed by atoms with Gasteiger partial charge in [0.2, 0.25) is 10.0 Å². The molecule has 1 amide bonds. The third-order valence-electron chi connectivity index (χ3n) is 2.37. The average Bonchev–Trinajstić information content (AvgIpc) is 2.88. The Bertz CT molecular complexity index is 803. The molecule has 0 aliphatic carbocycles. The van der Waals surface area contributed by atoms with Gasteiger partial charge >= 0.3 is 0 Å². The number of rotatable bonds is 3. The van der Waals surface area contributed by atoms with Gasteiger partial charge in [-0.1, -0.05) is 6.07 Å². The zero-order valence-corrected chi connectivity index (χ0v) is 11.7. The number of nitrogens with two attached hydrogens (primary N) is 1. The second kappa shape index (κ2) is 5.42. The molecule has 102 valence electrons. The maximum atomic E-state index is 11.9. The summed E-state index contributed by atoms with van der Waals surface area (Å²) in [6.07, 6.45) is 0. The van der Waals surface area contributed by atoms with E-state index in [9.17, 15) is 13.2 Å². The quantitative estimate of drug-likeness (QED) is 0.894. The zero-order chi connectivity index (χ0) is 14.8. The van der Waals surface area contributed by atoms with Crippen LogP contribution in [0, 0.1) is 11.3 Å². The Labute approximate surface area is 119 Å². The van der Waals surface area contributed by atoms with Crippen molar-refractivity contribution in [1.29, 1.82) is 5.26 Å². The largest absolute Gasteiger partial charge is 0.322 e. The van der Waals surface area contributed by atoms with Crippen molar-refractivity contribution in [2.45, 2.75) is 4.21 Å². The number of thiophene rings is 1. The second-order valence-electron chi connectivity index (χ2n) is 3.85. The summed E-state index contributed by atoms with van der Waals surface area (Å²) < 4.78 is 22.2. The molecule has 0 unspecified atom stereocenters. The number of nitriles is 1. The predicted octanol–water partition coefficient (Wildman–Crippen LogP) is 1.52. The number of nitrogens with zero attached hydrogens (tertiary/aromatic N) is 1. The Morgan fingerprint density at radius 1 is 1.35 bits per heavy atom. The van der Waals surface area contributed by atoms with E-state index >= 15 is 0 Å². The van der Waals surface area contributed by atoms with E-state index in [0.717, 1.165) is 11.3 Å². The van der Waals surface area contributed by atoms with Crippen molar-refractivity contribution < 1.29 is 13.2 Å². The molecule has 0 aliphatic heterocycles. The highest BCUT2D eigenvalue weighted by atomic mass is 32.2. The Morgan fingerprint density at radius 2 is 2.10 bits per heavy atom. The van der Waals surface area contributed by atoms with Gasteiger partial charge in [-0.25, -0.2) is 13.6 Å². The van der Waals surface area contributed by atoms with Gasteiger partial charge in [0.1, 0.15) is 4.21 Å². The number of carbonyl (C=O) groups is 1. The summed E-state index contributed by atoms with van der Waals surface area (Å²) in [5, 5.41) is 17.7. The van der Waals surface area contributed by atoms with Crippen LogP contribution >= 0.6 is 11.3 Å². The minimum absolute atomic E-state index is 0.0755. The smallest absolute Gasteiger partial charge is 0.256 e. The van der Waals surface area contributed by atoms with Crippen LogP contribution in [0.1, 0.15) is 15.9 Å². The first kappa shape index (κ1) is 14.2. The lowest BCUT2D eigenvalue weighted by Crippen LogP contribution is -2.12. The first-order valence-electron chi connectivity index (χ1n) is 5.33. The van der Waals surface area contributed by atoms with Crippen molar-refractivity contribution in [1.82, 2.24) is 0 Å². The summed E-state index contributed by atoms with van der Waals surface area (Å²) in [4.78, 5) is 11.9. The van der Waals surface area contributed by atoms with Crippen LogP contribution in [0.15, 0.2) is 39.9 Å². The minimum Gasteiger partial charge on any atom is -0.322 e. The number of anilines is 1. The fraction of sp³-hybridized carbons (Fsp3) is 0. The lowest BCUT2D eigenvalue weighted by molar-refractivity contribution is 0.102. The molecule has 8 heteroatoms. The summed E-state index contributed by atoms with van der Waals surface area (Å²) >= 11 is 0.877. The number of hydrogen-bond donors (Lipinski definition) is 2. The first-order chi connectivity index (χ1) is 9.40. The van der Waals surface area contributed by atoms with Crippen LogP contribution < -0.4 is 10.5 Å². The highest BCUT2D eigenvalue weighted by molar-refractivity contribution is 7.91. The molecule has 0 aliphatic rings. The molecule has 1 aromatic heterocycles. The number of carbonyl (C=O) groups excluding carboxylic acids is 1. The summed E-state index contributed by atoms with van der Waals surface area (Å²) in [6, 6.07) is 9.57. The van der Waals surface area contributed by atoms with Crippen molar-refractivity contribution >= 4 is 33.0 Å². The van der Waals surface area contributed by atoms with E-state index < -0.39 is 15.9 Å². The van der Waals surface area contributed by atoms with Crippen LogP contribution in [0.3, 0.4) is 0 Å². The van der Waals surface area contributed by atoms with Crippen LogP contribution in [0.2, 0.25) is 0 Å². The van der Waals surface area contributed by atoms with Gasteiger partial charge in [0.15, 0.2) is 0 Å². The van der Waals surface area contributed by atoms with Crippen molar-refractivity contribution in [2.75, 3.05) is 5.32 Å². The fourth-order valence-corrected chi connectivity index (χ4v) is 3.04. The molecule has 0 radical (unpaired) electrons. The molecular weight excluding hydrogens is 298 g/mol. The molecule has 2 rings (SSSR count). The first-order valence-corrected chi connectivity index (χ1v) is 7.75. The highest BCUT2D eigenvalue weighted by Crippen LogP contribution is 2.20.